The molecule has 8 rings (SSSR count). The fourth-order valence-corrected chi connectivity index (χ4v) is 7.96. The Hall–Kier alpha value is -6.39. The van der Waals surface area contributed by atoms with Crippen LogP contribution in [0.15, 0.2) is 103 Å². The molecule has 3 N–H and O–H groups in total. The molecule has 1 fully saturated rings. The maximum absolute atomic E-state index is 14.1. The van der Waals surface area contributed by atoms with Gasteiger partial charge in [-0.15, -0.1) is 0 Å². The summed E-state index contributed by atoms with van der Waals surface area (Å²) in [5.74, 6) is -1.59. The molecule has 5 aromatic rings. The summed E-state index contributed by atoms with van der Waals surface area (Å²) in [6.45, 7) is 0.734. The van der Waals surface area contributed by atoms with E-state index in [1.165, 1.54) is 4.90 Å². The second-order valence-corrected chi connectivity index (χ2v) is 15.7. The van der Waals surface area contributed by atoms with Gasteiger partial charge in [-0.1, -0.05) is 77.8 Å². The number of hydrogen-bond donors (Lipinski definition) is 3. The van der Waals surface area contributed by atoms with Gasteiger partial charge in [0.2, 0.25) is 12.0 Å². The first-order valence-corrected chi connectivity index (χ1v) is 20.1. The third kappa shape index (κ3) is 8.79. The zero-order valence-corrected chi connectivity index (χ0v) is 33.5. The SMILES string of the molecule is N#Cc1ccc(-c2ccc(C[C@H](NC(=O)[C@@H]3Cc4cc5c(cc4CN3C(=O)[C@@H]3CCCO3)OC(c3ccc(OCc4ccc(Cl)c(Cl)c4)cc3)C(=O)N5)C(=O)O)cc2)cc1. The first-order chi connectivity index (χ1) is 29.0. The average molecular weight is 846 g/mol. The highest BCUT2D eigenvalue weighted by molar-refractivity contribution is 6.42. The van der Waals surface area contributed by atoms with E-state index in [1.807, 2.05) is 30.3 Å². The third-order valence-corrected chi connectivity index (χ3v) is 11.6. The van der Waals surface area contributed by atoms with Crippen molar-refractivity contribution in [1.29, 1.82) is 5.26 Å². The van der Waals surface area contributed by atoms with E-state index in [4.69, 9.17) is 42.7 Å². The first-order valence-electron chi connectivity index (χ1n) is 19.4. The van der Waals surface area contributed by atoms with Crippen molar-refractivity contribution in [3.63, 3.8) is 0 Å². The van der Waals surface area contributed by atoms with Gasteiger partial charge in [-0.3, -0.25) is 14.4 Å². The molecule has 0 radical (unpaired) electrons. The molecule has 0 spiro atoms. The Balaban J connectivity index is 0.974. The molecule has 5 aromatic carbocycles. The molecule has 3 aliphatic heterocycles. The monoisotopic (exact) mass is 844 g/mol. The number of carbonyl (C=O) groups is 4. The van der Waals surface area contributed by atoms with Gasteiger partial charge in [0.25, 0.3) is 11.8 Å². The number of halogens is 2. The molecule has 4 atom stereocenters. The summed E-state index contributed by atoms with van der Waals surface area (Å²) in [5.41, 5.74) is 6.32. The molecule has 12 nitrogen and oxygen atoms in total. The largest absolute Gasteiger partial charge is 0.489 e. The van der Waals surface area contributed by atoms with Crippen LogP contribution in [0.4, 0.5) is 5.69 Å². The van der Waals surface area contributed by atoms with E-state index in [0.29, 0.717) is 68.9 Å². The lowest BCUT2D eigenvalue weighted by molar-refractivity contribution is -0.150. The minimum absolute atomic E-state index is 0.00421. The summed E-state index contributed by atoms with van der Waals surface area (Å²) in [5, 5.41) is 25.8. The molecule has 1 unspecified atom stereocenters. The zero-order chi connectivity index (χ0) is 41.9. The number of benzene rings is 5. The molecule has 0 bridgehead atoms. The number of ether oxygens (including phenoxy) is 3. The van der Waals surface area contributed by atoms with E-state index in [0.717, 1.165) is 22.3 Å². The van der Waals surface area contributed by atoms with Crippen LogP contribution in [-0.4, -0.2) is 58.5 Å². The number of carboxylic acids is 1. The average Bonchev–Trinajstić information content (AvgIpc) is 3.81. The number of carboxylic acid groups (broad SMARTS) is 1. The highest BCUT2D eigenvalue weighted by Crippen LogP contribution is 2.40. The summed E-state index contributed by atoms with van der Waals surface area (Å²) < 4.78 is 17.9. The lowest BCUT2D eigenvalue weighted by atomic mass is 9.91. The van der Waals surface area contributed by atoms with Gasteiger partial charge >= 0.3 is 5.97 Å². The van der Waals surface area contributed by atoms with Gasteiger partial charge in [-0.25, -0.2) is 4.79 Å². The van der Waals surface area contributed by atoms with Crippen molar-refractivity contribution in [3.8, 4) is 28.7 Å². The normalized spacial score (nSPS) is 18.5. The smallest absolute Gasteiger partial charge is 0.326 e. The molecule has 60 heavy (non-hydrogen) atoms. The molecule has 3 heterocycles. The first kappa shape index (κ1) is 40.4. The van der Waals surface area contributed by atoms with Gasteiger partial charge in [0.1, 0.15) is 36.3 Å². The van der Waals surface area contributed by atoms with Crippen LogP contribution < -0.4 is 20.1 Å². The molecule has 14 heteroatoms. The molecule has 304 valence electrons. The molecule has 1 saturated heterocycles. The van der Waals surface area contributed by atoms with Crippen LogP contribution in [-0.2, 0) is 49.9 Å². The predicted molar refractivity (Wildman–Crippen MR) is 223 cm³/mol. The summed E-state index contributed by atoms with van der Waals surface area (Å²) in [6.07, 6.45) is -0.402. The van der Waals surface area contributed by atoms with Crippen molar-refractivity contribution in [2.24, 2.45) is 0 Å². The number of nitriles is 1. The van der Waals surface area contributed by atoms with E-state index in [9.17, 15) is 24.3 Å². The fraction of sp³-hybridized carbons (Fsp3) is 0.239. The Morgan fingerprint density at radius 1 is 0.917 bits per heavy atom. The van der Waals surface area contributed by atoms with Gasteiger partial charge in [0, 0.05) is 31.6 Å². The van der Waals surface area contributed by atoms with Crippen molar-refractivity contribution < 1.29 is 38.5 Å². The number of fused-ring (bicyclic) bond motifs is 2. The number of nitrogens with one attached hydrogen (secondary N) is 2. The number of rotatable bonds is 11. The predicted octanol–water partition coefficient (Wildman–Crippen LogP) is 7.43. The Kier molecular flexibility index (Phi) is 11.7. The van der Waals surface area contributed by atoms with Crippen LogP contribution >= 0.6 is 23.2 Å². The second kappa shape index (κ2) is 17.5. The summed E-state index contributed by atoms with van der Waals surface area (Å²) in [7, 11) is 0. The number of nitrogens with zero attached hydrogens (tertiary/aromatic N) is 2. The van der Waals surface area contributed by atoms with Crippen LogP contribution in [0.5, 0.6) is 11.5 Å². The molecule has 0 aliphatic carbocycles. The Morgan fingerprint density at radius 3 is 2.30 bits per heavy atom. The van der Waals surface area contributed by atoms with Gasteiger partial charge in [-0.05, 0) is 94.8 Å². The van der Waals surface area contributed by atoms with E-state index >= 15 is 0 Å². The molecular formula is C46H38Cl2N4O8. The molecule has 3 aliphatic rings. The van der Waals surface area contributed by atoms with Crippen LogP contribution in [0.25, 0.3) is 11.1 Å². The zero-order valence-electron chi connectivity index (χ0n) is 32.0. The highest BCUT2D eigenvalue weighted by Gasteiger charge is 2.41. The van der Waals surface area contributed by atoms with E-state index in [-0.39, 0.29) is 37.8 Å². The number of carbonyl (C=O) groups excluding carboxylic acids is 3. The third-order valence-electron chi connectivity index (χ3n) is 10.9. The van der Waals surface area contributed by atoms with Crippen molar-refractivity contribution in [1.82, 2.24) is 10.2 Å². The molecular weight excluding hydrogens is 807 g/mol. The van der Waals surface area contributed by atoms with Crippen molar-refractivity contribution in [3.05, 3.63) is 147 Å². The number of hydrogen-bond acceptors (Lipinski definition) is 8. The van der Waals surface area contributed by atoms with E-state index in [1.54, 1.807) is 72.8 Å². The maximum atomic E-state index is 14.1. The Bertz CT molecular complexity index is 2500. The highest BCUT2D eigenvalue weighted by atomic mass is 35.5. The maximum Gasteiger partial charge on any atom is 0.326 e. The number of aliphatic carboxylic acids is 1. The quantitative estimate of drug-likeness (QED) is 0.123. The van der Waals surface area contributed by atoms with Crippen LogP contribution in [0.2, 0.25) is 10.0 Å². The topological polar surface area (TPSA) is 167 Å². The minimum Gasteiger partial charge on any atom is -0.489 e. The van der Waals surface area contributed by atoms with Crippen molar-refractivity contribution in [2.45, 2.75) is 63.1 Å². The lowest BCUT2D eigenvalue weighted by Gasteiger charge is -2.38. The summed E-state index contributed by atoms with van der Waals surface area (Å²) >= 11 is 12.1. The van der Waals surface area contributed by atoms with Crippen LogP contribution in [0.3, 0.4) is 0 Å². The van der Waals surface area contributed by atoms with Gasteiger partial charge in [0.05, 0.1) is 27.4 Å². The lowest BCUT2D eigenvalue weighted by Crippen LogP contribution is -2.57. The van der Waals surface area contributed by atoms with Crippen molar-refractivity contribution >= 4 is 52.6 Å². The molecule has 3 amide bonds. The standard InChI is InChI=1S/C46H38Cl2N4O8/c47-35-16-7-28(18-36(35)48)25-59-34-14-12-31(13-15-34)42-44(54)50-37-20-32-21-39(52(24-33(32)22-41(37)60-42)45(55)40-2-1-17-58-40)43(53)51-38(46(56)57)19-26-3-8-29(9-4-26)30-10-5-27(23-49)6-11-30/h3-16,18,20,22,38-40,42H,1-2,17,19,21,24-25H2,(H,50,54)(H,51,53)(H,56,57)/t38-,39-,40-,42?/m0/s1. The van der Waals surface area contributed by atoms with Crippen molar-refractivity contribution in [2.75, 3.05) is 11.9 Å². The second-order valence-electron chi connectivity index (χ2n) is 14.9. The minimum atomic E-state index is -1.28. The molecule has 0 saturated carbocycles. The van der Waals surface area contributed by atoms with Crippen LogP contribution in [0, 0.1) is 11.3 Å². The number of anilines is 1. The summed E-state index contributed by atoms with van der Waals surface area (Å²) in [4.78, 5) is 55.4. The Labute approximate surface area is 355 Å². The van der Waals surface area contributed by atoms with Gasteiger partial charge in [0.15, 0.2) is 0 Å². The van der Waals surface area contributed by atoms with Gasteiger partial charge in [-0.2, -0.15) is 5.26 Å². The van der Waals surface area contributed by atoms with E-state index < -0.39 is 36.2 Å². The van der Waals surface area contributed by atoms with E-state index in [2.05, 4.69) is 16.7 Å². The summed E-state index contributed by atoms with van der Waals surface area (Å²) in [6, 6.07) is 30.0. The van der Waals surface area contributed by atoms with Crippen LogP contribution in [0.1, 0.15) is 52.3 Å². The Morgan fingerprint density at radius 2 is 1.63 bits per heavy atom. The molecule has 0 aromatic heterocycles. The van der Waals surface area contributed by atoms with Gasteiger partial charge < -0.3 is 34.9 Å². The fourth-order valence-electron chi connectivity index (χ4n) is 7.64. The number of amides is 3.